The smallest absolute Gasteiger partial charge is 0.267 e. The molecule has 3 rings (SSSR count). The van der Waals surface area contributed by atoms with Crippen molar-refractivity contribution in [3.05, 3.63) is 76.0 Å². The van der Waals surface area contributed by atoms with Crippen LogP contribution >= 0.6 is 0 Å². The van der Waals surface area contributed by atoms with Crippen molar-refractivity contribution in [1.82, 2.24) is 20.6 Å². The number of benzene rings is 2. The van der Waals surface area contributed by atoms with E-state index in [9.17, 15) is 18.8 Å². The zero-order chi connectivity index (χ0) is 20.8. The fourth-order valence-electron chi connectivity index (χ4n) is 2.91. The van der Waals surface area contributed by atoms with Crippen LogP contribution in [0.5, 0.6) is 0 Å². The fourth-order valence-corrected chi connectivity index (χ4v) is 2.91. The molecule has 0 saturated carbocycles. The van der Waals surface area contributed by atoms with E-state index in [1.807, 2.05) is 0 Å². The third-order valence-corrected chi connectivity index (χ3v) is 4.45. The SMILES string of the molecule is CCCCCn1nc(C(=O)NNC(=O)c2ccc(F)cc2)c2ccccc2c1=O. The first-order chi connectivity index (χ1) is 14.0. The number of carbonyl (C=O) groups is 2. The van der Waals surface area contributed by atoms with Crippen molar-refractivity contribution in [1.29, 1.82) is 0 Å². The standard InChI is InChI=1S/C21H21FN4O3/c1-2-3-6-13-26-21(29)17-8-5-4-7-16(17)18(25-26)20(28)24-23-19(27)14-9-11-15(22)12-10-14/h4-5,7-12H,2-3,6,13H2,1H3,(H,23,27)(H,24,28). The Bertz CT molecular complexity index is 1090. The van der Waals surface area contributed by atoms with Crippen LogP contribution in [0.1, 0.15) is 47.0 Å². The van der Waals surface area contributed by atoms with E-state index in [-0.39, 0.29) is 16.8 Å². The van der Waals surface area contributed by atoms with Gasteiger partial charge in [-0.15, -0.1) is 0 Å². The van der Waals surface area contributed by atoms with Gasteiger partial charge in [0.25, 0.3) is 17.4 Å². The molecule has 2 amide bonds. The summed E-state index contributed by atoms with van der Waals surface area (Å²) in [4.78, 5) is 37.4. The van der Waals surface area contributed by atoms with Crippen LogP contribution in [0.2, 0.25) is 0 Å². The van der Waals surface area contributed by atoms with E-state index >= 15 is 0 Å². The number of rotatable bonds is 6. The average molecular weight is 396 g/mol. The number of carbonyl (C=O) groups excluding carboxylic acids is 2. The second kappa shape index (κ2) is 9.09. The number of nitrogens with zero attached hydrogens (tertiary/aromatic N) is 2. The maximum atomic E-state index is 13.0. The number of hydrogen-bond donors (Lipinski definition) is 2. The highest BCUT2D eigenvalue weighted by Crippen LogP contribution is 2.13. The minimum absolute atomic E-state index is 0.0381. The molecule has 0 aliphatic carbocycles. The molecule has 2 aromatic carbocycles. The van der Waals surface area contributed by atoms with Gasteiger partial charge in [0.2, 0.25) is 0 Å². The zero-order valence-electron chi connectivity index (χ0n) is 15.9. The Morgan fingerprint density at radius 2 is 1.62 bits per heavy atom. The lowest BCUT2D eigenvalue weighted by molar-refractivity contribution is 0.0843. The van der Waals surface area contributed by atoms with Crippen molar-refractivity contribution in [2.24, 2.45) is 0 Å². The van der Waals surface area contributed by atoms with E-state index in [1.165, 1.54) is 16.8 Å². The molecule has 0 radical (unpaired) electrons. The molecule has 7 nitrogen and oxygen atoms in total. The molecular weight excluding hydrogens is 375 g/mol. The van der Waals surface area contributed by atoms with Crippen molar-refractivity contribution in [3.8, 4) is 0 Å². The van der Waals surface area contributed by atoms with E-state index in [0.29, 0.717) is 17.3 Å². The number of fused-ring (bicyclic) bond motifs is 1. The van der Waals surface area contributed by atoms with Gasteiger partial charge in [0.1, 0.15) is 5.82 Å². The molecule has 0 aliphatic rings. The van der Waals surface area contributed by atoms with Gasteiger partial charge in [-0.2, -0.15) is 5.10 Å². The summed E-state index contributed by atoms with van der Waals surface area (Å²) in [6, 6.07) is 11.6. The van der Waals surface area contributed by atoms with Gasteiger partial charge in [-0.3, -0.25) is 25.2 Å². The van der Waals surface area contributed by atoms with Gasteiger partial charge >= 0.3 is 0 Å². The van der Waals surface area contributed by atoms with Crippen LogP contribution in [0.15, 0.2) is 53.3 Å². The van der Waals surface area contributed by atoms with E-state index in [0.717, 1.165) is 31.4 Å². The largest absolute Gasteiger partial charge is 0.290 e. The first-order valence-electron chi connectivity index (χ1n) is 9.37. The second-order valence-electron chi connectivity index (χ2n) is 6.54. The molecule has 3 aromatic rings. The summed E-state index contributed by atoms with van der Waals surface area (Å²) in [6.45, 7) is 2.46. The van der Waals surface area contributed by atoms with Gasteiger partial charge < -0.3 is 0 Å². The van der Waals surface area contributed by atoms with Crippen molar-refractivity contribution < 1.29 is 14.0 Å². The van der Waals surface area contributed by atoms with Gasteiger partial charge in [-0.1, -0.05) is 38.0 Å². The third kappa shape index (κ3) is 4.66. The number of hydrogen-bond acceptors (Lipinski definition) is 4. The van der Waals surface area contributed by atoms with Gasteiger partial charge in [-0.05, 0) is 36.8 Å². The molecule has 0 saturated heterocycles. The predicted molar refractivity (Wildman–Crippen MR) is 107 cm³/mol. The van der Waals surface area contributed by atoms with Crippen LogP contribution < -0.4 is 16.4 Å². The number of halogens is 1. The second-order valence-corrected chi connectivity index (χ2v) is 6.54. The van der Waals surface area contributed by atoms with E-state index in [2.05, 4.69) is 22.9 Å². The predicted octanol–water partition coefficient (Wildman–Crippen LogP) is 2.80. The number of unbranched alkanes of at least 4 members (excludes halogenated alkanes) is 2. The Morgan fingerprint density at radius 1 is 0.966 bits per heavy atom. The van der Waals surface area contributed by atoms with Crippen molar-refractivity contribution >= 4 is 22.6 Å². The summed E-state index contributed by atoms with van der Waals surface area (Å²) >= 11 is 0. The normalized spacial score (nSPS) is 10.7. The highest BCUT2D eigenvalue weighted by atomic mass is 19.1. The highest BCUT2D eigenvalue weighted by molar-refractivity contribution is 6.06. The van der Waals surface area contributed by atoms with Crippen LogP contribution in [-0.4, -0.2) is 21.6 Å². The van der Waals surface area contributed by atoms with E-state index in [4.69, 9.17) is 0 Å². The molecule has 1 heterocycles. The minimum Gasteiger partial charge on any atom is -0.267 e. The van der Waals surface area contributed by atoms with Crippen molar-refractivity contribution in [2.45, 2.75) is 32.7 Å². The first-order valence-corrected chi connectivity index (χ1v) is 9.37. The van der Waals surface area contributed by atoms with Crippen molar-refractivity contribution in [2.75, 3.05) is 0 Å². The third-order valence-electron chi connectivity index (χ3n) is 4.45. The lowest BCUT2D eigenvalue weighted by Crippen LogP contribution is -2.42. The minimum atomic E-state index is -0.652. The average Bonchev–Trinajstić information content (AvgIpc) is 2.74. The number of nitrogens with one attached hydrogen (secondary N) is 2. The fraction of sp³-hybridized carbons (Fsp3) is 0.238. The Balaban J connectivity index is 1.84. The molecule has 0 unspecified atom stereocenters. The number of hydrazine groups is 1. The summed E-state index contributed by atoms with van der Waals surface area (Å²) in [5.41, 5.74) is 4.55. The molecule has 0 bridgehead atoms. The molecule has 1 aromatic heterocycles. The Kier molecular flexibility index (Phi) is 6.33. The summed E-state index contributed by atoms with van der Waals surface area (Å²) in [6.07, 6.45) is 2.70. The molecule has 2 N–H and O–H groups in total. The monoisotopic (exact) mass is 396 g/mol. The van der Waals surface area contributed by atoms with Gasteiger partial charge in [0.15, 0.2) is 5.69 Å². The molecule has 0 aliphatic heterocycles. The molecule has 0 atom stereocenters. The van der Waals surface area contributed by atoms with Crippen LogP contribution in [-0.2, 0) is 6.54 Å². The number of aryl methyl sites for hydroxylation is 1. The quantitative estimate of drug-likeness (QED) is 0.495. The first kappa shape index (κ1) is 20.2. The molecule has 0 spiro atoms. The van der Waals surface area contributed by atoms with Gasteiger partial charge in [-0.25, -0.2) is 9.07 Å². The number of aromatic nitrogens is 2. The number of amides is 2. The molecule has 8 heteroatoms. The van der Waals surface area contributed by atoms with Gasteiger partial charge in [0, 0.05) is 17.5 Å². The van der Waals surface area contributed by atoms with Crippen molar-refractivity contribution in [3.63, 3.8) is 0 Å². The Morgan fingerprint density at radius 3 is 2.31 bits per heavy atom. The molecular formula is C21H21FN4O3. The topological polar surface area (TPSA) is 93.1 Å². The van der Waals surface area contributed by atoms with E-state index < -0.39 is 17.6 Å². The summed E-state index contributed by atoms with van der Waals surface area (Å²) in [5.74, 6) is -1.72. The molecule has 0 fully saturated rings. The maximum absolute atomic E-state index is 13.0. The van der Waals surface area contributed by atoms with Crippen LogP contribution in [0.4, 0.5) is 4.39 Å². The van der Waals surface area contributed by atoms with Crippen LogP contribution in [0.3, 0.4) is 0 Å². The molecule has 150 valence electrons. The lowest BCUT2D eigenvalue weighted by atomic mass is 10.1. The van der Waals surface area contributed by atoms with Crippen LogP contribution in [0, 0.1) is 5.82 Å². The summed E-state index contributed by atoms with van der Waals surface area (Å²) in [5, 5.41) is 5.01. The van der Waals surface area contributed by atoms with E-state index in [1.54, 1.807) is 24.3 Å². The summed E-state index contributed by atoms with van der Waals surface area (Å²) < 4.78 is 14.3. The Labute approximate surface area is 166 Å². The summed E-state index contributed by atoms with van der Waals surface area (Å²) in [7, 11) is 0. The highest BCUT2D eigenvalue weighted by Gasteiger charge is 2.17. The Hall–Kier alpha value is -3.55. The van der Waals surface area contributed by atoms with Gasteiger partial charge in [0.05, 0.1) is 5.39 Å². The zero-order valence-corrected chi connectivity index (χ0v) is 15.9. The molecule has 29 heavy (non-hydrogen) atoms. The van der Waals surface area contributed by atoms with Crippen LogP contribution in [0.25, 0.3) is 10.8 Å². The lowest BCUT2D eigenvalue weighted by Gasteiger charge is -2.12. The maximum Gasteiger partial charge on any atom is 0.290 e.